The predicted octanol–water partition coefficient (Wildman–Crippen LogP) is 2.13. The Hall–Kier alpha value is -1.03. The van der Waals surface area contributed by atoms with Crippen LogP contribution in [0, 0.1) is 0 Å². The van der Waals surface area contributed by atoms with Crippen molar-refractivity contribution in [2.45, 2.75) is 32.1 Å². The van der Waals surface area contributed by atoms with Crippen molar-refractivity contribution in [3.63, 3.8) is 0 Å². The molecule has 1 aliphatic carbocycles. The van der Waals surface area contributed by atoms with E-state index in [0.717, 1.165) is 23.4 Å². The summed E-state index contributed by atoms with van der Waals surface area (Å²) in [6.07, 6.45) is 6.03. The molecule has 1 amide bonds. The summed E-state index contributed by atoms with van der Waals surface area (Å²) in [7, 11) is 0. The fourth-order valence-corrected chi connectivity index (χ4v) is 3.68. The van der Waals surface area contributed by atoms with Crippen LogP contribution in [-0.4, -0.2) is 12.6 Å². The summed E-state index contributed by atoms with van der Waals surface area (Å²) in [6, 6.07) is 0. The molecule has 0 fully saturated rings. The van der Waals surface area contributed by atoms with E-state index in [4.69, 9.17) is 0 Å². The van der Waals surface area contributed by atoms with Gasteiger partial charge in [-0.25, -0.2) is 0 Å². The van der Waals surface area contributed by atoms with Crippen molar-refractivity contribution >= 4 is 22.2 Å². The van der Waals surface area contributed by atoms with Crippen molar-refractivity contribution in [2.24, 2.45) is 0 Å². The van der Waals surface area contributed by atoms with Gasteiger partial charge in [-0.1, -0.05) is 6.42 Å². The van der Waals surface area contributed by atoms with Crippen LogP contribution in [0.4, 0.5) is 5.00 Å². The number of nitrogens with one attached hydrogen (secondary N) is 2. The third-order valence-electron chi connectivity index (χ3n) is 3.15. The van der Waals surface area contributed by atoms with Crippen molar-refractivity contribution in [2.75, 3.05) is 12.0 Å². The molecule has 0 radical (unpaired) electrons. The molecule has 0 saturated carbocycles. The van der Waals surface area contributed by atoms with Gasteiger partial charge in [0, 0.05) is 4.88 Å². The molecule has 0 bridgehead atoms. The molecule has 0 aromatic carbocycles. The molecule has 3 rings (SSSR count). The topological polar surface area (TPSA) is 41.1 Å². The van der Waals surface area contributed by atoms with Crippen molar-refractivity contribution in [1.82, 2.24) is 5.32 Å². The van der Waals surface area contributed by atoms with E-state index in [9.17, 15) is 4.79 Å². The molecule has 2 N–H and O–H groups in total. The summed E-state index contributed by atoms with van der Waals surface area (Å²) in [4.78, 5) is 13.2. The number of hydrogen-bond acceptors (Lipinski definition) is 3. The molecule has 0 unspecified atom stereocenters. The Morgan fingerprint density at radius 2 is 1.93 bits per heavy atom. The lowest BCUT2D eigenvalue weighted by Gasteiger charge is -2.15. The van der Waals surface area contributed by atoms with E-state index in [2.05, 4.69) is 10.6 Å². The third-order valence-corrected chi connectivity index (χ3v) is 4.40. The predicted molar refractivity (Wildman–Crippen MR) is 61.5 cm³/mol. The van der Waals surface area contributed by atoms with Gasteiger partial charge in [-0.15, -0.1) is 11.3 Å². The van der Waals surface area contributed by atoms with E-state index in [0.29, 0.717) is 6.67 Å². The third kappa shape index (κ3) is 1.44. The van der Waals surface area contributed by atoms with Gasteiger partial charge >= 0.3 is 0 Å². The average Bonchev–Trinajstić information content (AvgIpc) is 2.43. The van der Waals surface area contributed by atoms with Crippen molar-refractivity contribution < 1.29 is 4.79 Å². The fourth-order valence-electron chi connectivity index (χ4n) is 2.40. The molecule has 0 spiro atoms. The van der Waals surface area contributed by atoms with Crippen LogP contribution in [0.25, 0.3) is 0 Å². The summed E-state index contributed by atoms with van der Waals surface area (Å²) >= 11 is 1.78. The van der Waals surface area contributed by atoms with Gasteiger partial charge < -0.3 is 10.6 Å². The summed E-state index contributed by atoms with van der Waals surface area (Å²) in [5, 5.41) is 7.20. The van der Waals surface area contributed by atoms with Gasteiger partial charge in [0.05, 0.1) is 12.2 Å². The maximum absolute atomic E-state index is 11.8. The first kappa shape index (κ1) is 9.21. The summed E-state index contributed by atoms with van der Waals surface area (Å²) in [6.45, 7) is 0.575. The van der Waals surface area contributed by atoms with E-state index in [1.165, 1.54) is 29.7 Å². The van der Waals surface area contributed by atoms with Crippen LogP contribution >= 0.6 is 11.3 Å². The van der Waals surface area contributed by atoms with E-state index in [1.54, 1.807) is 11.3 Å². The normalized spacial score (nSPS) is 19.6. The molecule has 0 atom stereocenters. The first-order valence-electron chi connectivity index (χ1n) is 5.53. The number of rotatable bonds is 0. The molecule has 2 aliphatic rings. The molecule has 4 heteroatoms. The molecule has 15 heavy (non-hydrogen) atoms. The Labute approximate surface area is 92.9 Å². The molecular formula is C11H14N2OS. The zero-order valence-corrected chi connectivity index (χ0v) is 9.38. The van der Waals surface area contributed by atoms with Crippen molar-refractivity contribution in [3.8, 4) is 0 Å². The Kier molecular flexibility index (Phi) is 2.16. The Morgan fingerprint density at radius 3 is 2.87 bits per heavy atom. The first-order valence-corrected chi connectivity index (χ1v) is 6.34. The maximum atomic E-state index is 11.8. The van der Waals surface area contributed by atoms with Gasteiger partial charge in [-0.05, 0) is 31.2 Å². The Morgan fingerprint density at radius 1 is 1.07 bits per heavy atom. The lowest BCUT2D eigenvalue weighted by atomic mass is 10.0. The van der Waals surface area contributed by atoms with Crippen molar-refractivity contribution in [3.05, 3.63) is 16.0 Å². The number of aryl methyl sites for hydroxylation is 1. The van der Waals surface area contributed by atoms with E-state index in [1.807, 2.05) is 0 Å². The Balaban J connectivity index is 2.11. The van der Waals surface area contributed by atoms with Gasteiger partial charge in [0.1, 0.15) is 5.00 Å². The lowest BCUT2D eigenvalue weighted by molar-refractivity contribution is 0.0952. The van der Waals surface area contributed by atoms with Gasteiger partial charge in [0.15, 0.2) is 0 Å². The standard InChI is InChI=1S/C11H14N2OS/c14-10-9-7-4-2-1-3-5-8(7)15-11(9)13-6-12-10/h13H,1-6H2,(H,12,14). The minimum atomic E-state index is 0.114. The lowest BCUT2D eigenvalue weighted by Crippen LogP contribution is -2.34. The molecule has 1 aliphatic heterocycles. The van der Waals surface area contributed by atoms with Crippen LogP contribution in [0.5, 0.6) is 0 Å². The quantitative estimate of drug-likeness (QED) is 0.660. The smallest absolute Gasteiger partial charge is 0.255 e. The maximum Gasteiger partial charge on any atom is 0.255 e. The minimum Gasteiger partial charge on any atom is -0.359 e. The zero-order valence-electron chi connectivity index (χ0n) is 8.56. The highest BCUT2D eigenvalue weighted by Crippen LogP contribution is 2.38. The second kappa shape index (κ2) is 3.52. The highest BCUT2D eigenvalue weighted by atomic mass is 32.1. The minimum absolute atomic E-state index is 0.114. The highest BCUT2D eigenvalue weighted by molar-refractivity contribution is 7.16. The monoisotopic (exact) mass is 222 g/mol. The van der Waals surface area contributed by atoms with Crippen molar-refractivity contribution in [1.29, 1.82) is 0 Å². The number of carbonyl (C=O) groups is 1. The zero-order chi connectivity index (χ0) is 10.3. The molecule has 3 nitrogen and oxygen atoms in total. The van der Waals surface area contributed by atoms with Gasteiger partial charge in [-0.2, -0.15) is 0 Å². The number of hydrogen-bond donors (Lipinski definition) is 2. The van der Waals surface area contributed by atoms with Crippen LogP contribution in [0.1, 0.15) is 40.1 Å². The van der Waals surface area contributed by atoms with Crippen LogP contribution in [0.3, 0.4) is 0 Å². The average molecular weight is 222 g/mol. The molecule has 2 heterocycles. The molecule has 1 aromatic heterocycles. The number of fused-ring (bicyclic) bond motifs is 3. The van der Waals surface area contributed by atoms with E-state index < -0.39 is 0 Å². The highest BCUT2D eigenvalue weighted by Gasteiger charge is 2.26. The van der Waals surface area contributed by atoms with Gasteiger partial charge in [0.25, 0.3) is 5.91 Å². The number of amides is 1. The summed E-state index contributed by atoms with van der Waals surface area (Å²) < 4.78 is 0. The van der Waals surface area contributed by atoms with Gasteiger partial charge in [0.2, 0.25) is 0 Å². The van der Waals surface area contributed by atoms with Gasteiger partial charge in [-0.3, -0.25) is 4.79 Å². The number of thiophene rings is 1. The van der Waals surface area contributed by atoms with E-state index >= 15 is 0 Å². The largest absolute Gasteiger partial charge is 0.359 e. The SMILES string of the molecule is O=C1NCNc2sc3c(c21)CCCCC3. The van der Waals surface area contributed by atoms with E-state index in [-0.39, 0.29) is 5.91 Å². The fraction of sp³-hybridized carbons (Fsp3) is 0.545. The number of anilines is 1. The van der Waals surface area contributed by atoms with Crippen LogP contribution < -0.4 is 10.6 Å². The molecule has 1 aromatic rings. The van der Waals surface area contributed by atoms with Crippen LogP contribution in [-0.2, 0) is 12.8 Å². The second-order valence-corrected chi connectivity index (χ2v) is 5.23. The number of carbonyl (C=O) groups excluding carboxylic acids is 1. The summed E-state index contributed by atoms with van der Waals surface area (Å²) in [5.74, 6) is 0.114. The molecule has 0 saturated heterocycles. The summed E-state index contributed by atoms with van der Waals surface area (Å²) in [5.41, 5.74) is 2.25. The molecule has 80 valence electrons. The van der Waals surface area contributed by atoms with Crippen LogP contribution in [0.2, 0.25) is 0 Å². The Bertz CT molecular complexity index is 411. The van der Waals surface area contributed by atoms with Crippen LogP contribution in [0.15, 0.2) is 0 Å². The molecular weight excluding hydrogens is 208 g/mol. The second-order valence-electron chi connectivity index (χ2n) is 4.13. The first-order chi connectivity index (χ1) is 7.36.